The van der Waals surface area contributed by atoms with Crippen molar-refractivity contribution in [1.82, 2.24) is 0 Å². The van der Waals surface area contributed by atoms with E-state index < -0.39 is 9.84 Å². The van der Waals surface area contributed by atoms with Gasteiger partial charge < -0.3 is 0 Å². The Morgan fingerprint density at radius 1 is 0.773 bits per heavy atom. The largest absolute Gasteiger partial charge is 0.218 e. The van der Waals surface area contributed by atoms with E-state index >= 15 is 0 Å². The molecule has 0 fully saturated rings. The number of fused-ring (bicyclic) bond motifs is 1. The number of benzene rings is 3. The van der Waals surface area contributed by atoms with Crippen LogP contribution in [0.1, 0.15) is 16.7 Å². The highest BCUT2D eigenvalue weighted by atomic mass is 32.2. The van der Waals surface area contributed by atoms with Gasteiger partial charge in [-0.25, -0.2) is 8.42 Å². The van der Waals surface area contributed by atoms with E-state index in [1.165, 1.54) is 0 Å². The van der Waals surface area contributed by atoms with Gasteiger partial charge in [0, 0.05) is 5.39 Å². The third-order valence-electron chi connectivity index (χ3n) is 3.91. The Morgan fingerprint density at radius 2 is 1.36 bits per heavy atom. The maximum Gasteiger partial charge on any atom is 0.207 e. The first kappa shape index (κ1) is 14.8. The molecule has 0 aliphatic rings. The van der Waals surface area contributed by atoms with Gasteiger partial charge in [-0.1, -0.05) is 54.1 Å². The summed E-state index contributed by atoms with van der Waals surface area (Å²) in [5.41, 5.74) is 2.67. The standard InChI is InChI=1S/C19H18O2S/c1-13-11-14(2)19(15(3)12-13)22(20,21)18-10-6-8-16-7-4-5-9-17(16)18/h4-12H,1-3H3. The quantitative estimate of drug-likeness (QED) is 0.693. The number of aryl methyl sites for hydroxylation is 3. The van der Waals surface area contributed by atoms with E-state index in [1.54, 1.807) is 12.1 Å². The number of sulfone groups is 1. The summed E-state index contributed by atoms with van der Waals surface area (Å²) < 4.78 is 26.4. The zero-order chi connectivity index (χ0) is 15.9. The lowest BCUT2D eigenvalue weighted by Crippen LogP contribution is -2.07. The highest BCUT2D eigenvalue weighted by molar-refractivity contribution is 7.91. The van der Waals surface area contributed by atoms with Crippen LogP contribution in [0.2, 0.25) is 0 Å². The molecule has 0 saturated heterocycles. The zero-order valence-corrected chi connectivity index (χ0v) is 13.7. The molecule has 0 heterocycles. The van der Waals surface area contributed by atoms with Gasteiger partial charge in [-0.15, -0.1) is 0 Å². The molecule has 3 aromatic rings. The molecule has 112 valence electrons. The third-order valence-corrected chi connectivity index (χ3v) is 6.03. The Hall–Kier alpha value is -2.13. The summed E-state index contributed by atoms with van der Waals surface area (Å²) in [6.45, 7) is 5.70. The van der Waals surface area contributed by atoms with Gasteiger partial charge in [-0.2, -0.15) is 0 Å². The summed E-state index contributed by atoms with van der Waals surface area (Å²) in [5, 5.41) is 1.70. The lowest BCUT2D eigenvalue weighted by molar-refractivity contribution is 0.595. The molecular formula is C19H18O2S. The second-order valence-electron chi connectivity index (χ2n) is 5.71. The minimum absolute atomic E-state index is 0.376. The van der Waals surface area contributed by atoms with E-state index in [0.717, 1.165) is 27.5 Å². The molecule has 0 unspecified atom stereocenters. The first-order valence-electron chi connectivity index (χ1n) is 7.22. The molecule has 0 bridgehead atoms. The average molecular weight is 310 g/mol. The smallest absolute Gasteiger partial charge is 0.207 e. The van der Waals surface area contributed by atoms with E-state index in [9.17, 15) is 8.42 Å². The Balaban J connectivity index is 2.35. The van der Waals surface area contributed by atoms with E-state index in [-0.39, 0.29) is 0 Å². The summed E-state index contributed by atoms with van der Waals surface area (Å²) in [6.07, 6.45) is 0. The molecule has 0 amide bonds. The van der Waals surface area contributed by atoms with Gasteiger partial charge in [0.1, 0.15) is 0 Å². The van der Waals surface area contributed by atoms with Crippen LogP contribution in [0.4, 0.5) is 0 Å². The van der Waals surface area contributed by atoms with Crippen molar-refractivity contribution in [1.29, 1.82) is 0 Å². The molecule has 0 aliphatic heterocycles. The van der Waals surface area contributed by atoms with Crippen LogP contribution >= 0.6 is 0 Å². The molecule has 3 heteroatoms. The molecule has 0 atom stereocenters. The fourth-order valence-corrected chi connectivity index (χ4v) is 5.05. The molecule has 0 saturated carbocycles. The van der Waals surface area contributed by atoms with Crippen LogP contribution in [0, 0.1) is 20.8 Å². The van der Waals surface area contributed by atoms with Crippen molar-refractivity contribution in [2.75, 3.05) is 0 Å². The molecule has 0 aliphatic carbocycles. The van der Waals surface area contributed by atoms with Crippen LogP contribution in [-0.4, -0.2) is 8.42 Å². The molecule has 2 nitrogen and oxygen atoms in total. The van der Waals surface area contributed by atoms with E-state index in [2.05, 4.69) is 0 Å². The van der Waals surface area contributed by atoms with Crippen molar-refractivity contribution in [3.63, 3.8) is 0 Å². The molecular weight excluding hydrogens is 292 g/mol. The van der Waals surface area contributed by atoms with Crippen LogP contribution in [0.3, 0.4) is 0 Å². The van der Waals surface area contributed by atoms with Gasteiger partial charge in [0.2, 0.25) is 9.84 Å². The summed E-state index contributed by atoms with van der Waals surface area (Å²) in [5.74, 6) is 0. The van der Waals surface area contributed by atoms with Gasteiger partial charge in [0.05, 0.1) is 9.79 Å². The maximum absolute atomic E-state index is 13.2. The minimum Gasteiger partial charge on any atom is -0.218 e. The fraction of sp³-hybridized carbons (Fsp3) is 0.158. The molecule has 0 spiro atoms. The van der Waals surface area contributed by atoms with Crippen molar-refractivity contribution in [2.24, 2.45) is 0 Å². The summed E-state index contributed by atoms with van der Waals surface area (Å²) in [4.78, 5) is 0.801. The number of hydrogen-bond acceptors (Lipinski definition) is 2. The van der Waals surface area contributed by atoms with Crippen LogP contribution in [0.5, 0.6) is 0 Å². The van der Waals surface area contributed by atoms with Gasteiger partial charge in [-0.3, -0.25) is 0 Å². The van der Waals surface area contributed by atoms with Crippen LogP contribution in [0.25, 0.3) is 10.8 Å². The number of hydrogen-bond donors (Lipinski definition) is 0. The van der Waals surface area contributed by atoms with Crippen LogP contribution in [-0.2, 0) is 9.84 Å². The van der Waals surface area contributed by atoms with E-state index in [1.807, 2.05) is 63.2 Å². The van der Waals surface area contributed by atoms with E-state index in [0.29, 0.717) is 9.79 Å². The fourth-order valence-electron chi connectivity index (χ4n) is 3.13. The Morgan fingerprint density at radius 3 is 2.05 bits per heavy atom. The Bertz CT molecular complexity index is 941. The van der Waals surface area contributed by atoms with Crippen LogP contribution in [0.15, 0.2) is 64.4 Å². The number of rotatable bonds is 2. The van der Waals surface area contributed by atoms with Gasteiger partial charge >= 0.3 is 0 Å². The van der Waals surface area contributed by atoms with Crippen molar-refractivity contribution < 1.29 is 8.42 Å². The lowest BCUT2D eigenvalue weighted by atomic mass is 10.1. The van der Waals surface area contributed by atoms with Crippen molar-refractivity contribution in [3.8, 4) is 0 Å². The minimum atomic E-state index is -3.54. The molecule has 0 aromatic heterocycles. The zero-order valence-electron chi connectivity index (χ0n) is 12.9. The topological polar surface area (TPSA) is 34.1 Å². The molecule has 0 N–H and O–H groups in total. The predicted molar refractivity (Wildman–Crippen MR) is 90.1 cm³/mol. The Kier molecular flexibility index (Phi) is 3.53. The van der Waals surface area contributed by atoms with Crippen molar-refractivity contribution in [3.05, 3.63) is 71.3 Å². The third kappa shape index (κ3) is 2.32. The first-order chi connectivity index (χ1) is 10.4. The average Bonchev–Trinajstić information content (AvgIpc) is 2.45. The summed E-state index contributed by atoms with van der Waals surface area (Å²) in [6, 6.07) is 16.9. The highest BCUT2D eigenvalue weighted by Gasteiger charge is 2.24. The second kappa shape index (κ2) is 5.25. The van der Waals surface area contributed by atoms with Crippen molar-refractivity contribution >= 4 is 20.6 Å². The van der Waals surface area contributed by atoms with Gasteiger partial charge in [0.15, 0.2) is 0 Å². The van der Waals surface area contributed by atoms with Gasteiger partial charge in [0.25, 0.3) is 0 Å². The predicted octanol–water partition coefficient (Wildman–Crippen LogP) is 4.60. The molecule has 22 heavy (non-hydrogen) atoms. The molecule has 3 rings (SSSR count). The lowest BCUT2D eigenvalue weighted by Gasteiger charge is -2.14. The summed E-state index contributed by atoms with van der Waals surface area (Å²) in [7, 11) is -3.54. The monoisotopic (exact) mass is 310 g/mol. The first-order valence-corrected chi connectivity index (χ1v) is 8.70. The van der Waals surface area contributed by atoms with Crippen molar-refractivity contribution in [2.45, 2.75) is 30.6 Å². The highest BCUT2D eigenvalue weighted by Crippen LogP contribution is 2.32. The van der Waals surface area contributed by atoms with Crippen LogP contribution < -0.4 is 0 Å². The summed E-state index contributed by atoms with van der Waals surface area (Å²) >= 11 is 0. The second-order valence-corrected chi connectivity index (χ2v) is 7.56. The Labute approximate surface area is 131 Å². The maximum atomic E-state index is 13.2. The normalized spacial score (nSPS) is 11.8. The molecule has 3 aromatic carbocycles. The van der Waals surface area contributed by atoms with Gasteiger partial charge in [-0.05, 0) is 43.4 Å². The van der Waals surface area contributed by atoms with E-state index in [4.69, 9.17) is 0 Å². The molecule has 0 radical (unpaired) electrons. The SMILES string of the molecule is Cc1cc(C)c(S(=O)(=O)c2cccc3ccccc23)c(C)c1.